The highest BCUT2D eigenvalue weighted by Gasteiger charge is 2.31. The number of Topliss-reactive ketones (excluding diaryl/α,β-unsaturated/α-hetero) is 1. The molecule has 3 rings (SSSR count). The van der Waals surface area contributed by atoms with E-state index in [0.717, 1.165) is 25.7 Å². The maximum absolute atomic E-state index is 14.4. The fraction of sp³-hybridized carbons (Fsp3) is 0.619. The number of carbonyl (C=O) groups excluding carboxylic acids is 7. The number of hydrogen-bond donors (Lipinski definition) is 12. The van der Waals surface area contributed by atoms with Crippen molar-refractivity contribution in [3.05, 3.63) is 71.8 Å². The molecule has 7 amide bonds. The number of ketones is 1. The number of nitrogens with one attached hydrogen (secondary N) is 7. The van der Waals surface area contributed by atoms with Gasteiger partial charge in [0.1, 0.15) is 12.1 Å². The third kappa shape index (κ3) is 36.4. The van der Waals surface area contributed by atoms with Crippen LogP contribution in [0.15, 0.2) is 60.7 Å². The van der Waals surface area contributed by atoms with E-state index in [1.807, 2.05) is 6.92 Å². The maximum atomic E-state index is 14.4. The Bertz CT molecular complexity index is 2570. The zero-order chi connectivity index (χ0) is 66.8. The second-order valence-electron chi connectivity index (χ2n) is 22.9. The number of carbonyl (C=O) groups is 12. The lowest BCUT2D eigenvalue weighted by Gasteiger charge is -2.32. The van der Waals surface area contributed by atoms with Crippen molar-refractivity contribution < 1.29 is 83.1 Å². The van der Waals surface area contributed by atoms with Gasteiger partial charge in [-0.05, 0) is 81.8 Å². The molecule has 0 aliphatic carbocycles. The smallest absolute Gasteiger partial charge is 0.326 e. The molecule has 2 aromatic carbocycles. The summed E-state index contributed by atoms with van der Waals surface area (Å²) in [5, 5.41) is 67.0. The van der Waals surface area contributed by atoms with E-state index in [1.165, 1.54) is 0 Å². The molecule has 0 spiro atoms. The van der Waals surface area contributed by atoms with Crippen LogP contribution in [-0.4, -0.2) is 239 Å². The van der Waals surface area contributed by atoms with Gasteiger partial charge in [0.15, 0.2) is 5.78 Å². The van der Waals surface area contributed by atoms with E-state index in [1.54, 1.807) is 80.3 Å². The first kappa shape index (κ1) is 77.2. The highest BCUT2D eigenvalue weighted by atomic mass is 16.4. The van der Waals surface area contributed by atoms with Crippen molar-refractivity contribution in [2.75, 3.05) is 105 Å². The van der Waals surface area contributed by atoms with Crippen LogP contribution >= 0.6 is 0 Å². The average molecular weight is 1280 g/mol. The van der Waals surface area contributed by atoms with E-state index in [-0.39, 0.29) is 142 Å². The van der Waals surface area contributed by atoms with Crippen LogP contribution in [0.25, 0.3) is 0 Å². The van der Waals surface area contributed by atoms with E-state index in [9.17, 15) is 83.1 Å². The van der Waals surface area contributed by atoms with Crippen LogP contribution in [0.4, 0.5) is 4.79 Å². The third-order valence-electron chi connectivity index (χ3n) is 15.3. The summed E-state index contributed by atoms with van der Waals surface area (Å²) in [6.45, 7) is 3.36. The molecule has 2 aromatic rings. The van der Waals surface area contributed by atoms with Gasteiger partial charge in [-0.3, -0.25) is 62.8 Å². The Morgan fingerprint density at radius 3 is 1.29 bits per heavy atom. The van der Waals surface area contributed by atoms with Crippen LogP contribution in [0, 0.1) is 5.92 Å². The van der Waals surface area contributed by atoms with Gasteiger partial charge in [-0.2, -0.15) is 0 Å². The van der Waals surface area contributed by atoms with Crippen LogP contribution in [-0.2, 0) is 65.6 Å². The molecule has 0 saturated carbocycles. The Hall–Kier alpha value is -8.08. The predicted molar refractivity (Wildman–Crippen MR) is 335 cm³/mol. The minimum absolute atomic E-state index is 0.0415. The van der Waals surface area contributed by atoms with Crippen LogP contribution in [0.1, 0.15) is 121 Å². The number of benzene rings is 2. The highest BCUT2D eigenvalue weighted by Crippen LogP contribution is 2.18. The molecule has 1 aliphatic rings. The van der Waals surface area contributed by atoms with E-state index in [2.05, 4.69) is 37.2 Å². The number of hydrogen-bond acceptors (Lipinski definition) is 16. The van der Waals surface area contributed by atoms with E-state index >= 15 is 0 Å². The van der Waals surface area contributed by atoms with Crippen molar-refractivity contribution >= 4 is 71.2 Å². The number of rotatable bonds is 44. The monoisotopic (exact) mass is 1280 g/mol. The predicted octanol–water partition coefficient (Wildman–Crippen LogP) is 1.55. The molecule has 28 nitrogen and oxygen atoms in total. The Labute approximate surface area is 532 Å². The standard InChI is InChI=1S/C63H97N11O17/c1-2-18-49(61(87)88)70-63(91)67-29-16-7-15-27-64-53(76)24-12-3-4-13-25-54(77)65-28-17-14-23-50(62(89)90)69-60(86)48(39-46-19-8-5-9-20-46)41-52(75)51(40-47-21-10-6-11-22-47)68-55(78)26-30-66-56(79)42-71-31-33-72(43-57(80)81)35-37-74(45-59(84)85)38-36-73(34-32-71)44-58(82)83/h5-6,8-11,19-22,48-51H,2-4,7,12-18,23-45H2,1H3,(H,64,76)(H,65,77)(H,66,79)(H,68,78)(H,69,86)(H,80,81)(H,82,83)(H,84,85)(H,87,88)(H,89,90)(H2,67,70,91)/t48?,49-,50?,51?/m0/s1. The molecule has 506 valence electrons. The Morgan fingerprint density at radius 1 is 0.407 bits per heavy atom. The molecule has 0 aromatic heterocycles. The summed E-state index contributed by atoms with van der Waals surface area (Å²) in [7, 11) is 0. The molecule has 1 saturated heterocycles. The number of nitrogens with zero attached hydrogens (tertiary/aromatic N) is 4. The summed E-state index contributed by atoms with van der Waals surface area (Å²) in [5.41, 5.74) is 1.42. The van der Waals surface area contributed by atoms with Gasteiger partial charge in [-0.25, -0.2) is 14.4 Å². The van der Waals surface area contributed by atoms with Gasteiger partial charge in [0.2, 0.25) is 29.5 Å². The first-order chi connectivity index (χ1) is 43.6. The zero-order valence-corrected chi connectivity index (χ0v) is 52.5. The van der Waals surface area contributed by atoms with Gasteiger partial charge in [0, 0.05) is 110 Å². The van der Waals surface area contributed by atoms with Gasteiger partial charge in [-0.15, -0.1) is 0 Å². The topological polar surface area (TPSA) is 403 Å². The number of urea groups is 1. The normalized spacial score (nSPS) is 15.0. The zero-order valence-electron chi connectivity index (χ0n) is 52.5. The third-order valence-corrected chi connectivity index (χ3v) is 15.3. The lowest BCUT2D eigenvalue weighted by Crippen LogP contribution is -2.50. The lowest BCUT2D eigenvalue weighted by atomic mass is 9.89. The van der Waals surface area contributed by atoms with Crippen molar-refractivity contribution in [3.63, 3.8) is 0 Å². The molecule has 28 heteroatoms. The van der Waals surface area contributed by atoms with Crippen LogP contribution in [0.5, 0.6) is 0 Å². The van der Waals surface area contributed by atoms with E-state index < -0.39 is 83.4 Å². The van der Waals surface area contributed by atoms with Crippen LogP contribution in [0.2, 0.25) is 0 Å². The molecular formula is C63H97N11O17. The van der Waals surface area contributed by atoms with Crippen LogP contribution < -0.4 is 37.2 Å². The molecule has 4 atom stereocenters. The summed E-state index contributed by atoms with van der Waals surface area (Å²) in [6, 6.07) is 13.9. The number of unbranched alkanes of at least 4 members (excludes halogenated alkanes) is 6. The molecule has 12 N–H and O–H groups in total. The Balaban J connectivity index is 1.48. The summed E-state index contributed by atoms with van der Waals surface area (Å²) in [5.74, 6) is -9.08. The van der Waals surface area contributed by atoms with Crippen molar-refractivity contribution in [3.8, 4) is 0 Å². The van der Waals surface area contributed by atoms with Crippen molar-refractivity contribution in [2.45, 2.75) is 141 Å². The van der Waals surface area contributed by atoms with Gasteiger partial charge in [0.05, 0.1) is 32.2 Å². The quantitative estimate of drug-likeness (QED) is 0.0419. The van der Waals surface area contributed by atoms with Crippen LogP contribution in [0.3, 0.4) is 0 Å². The molecule has 0 radical (unpaired) electrons. The minimum Gasteiger partial charge on any atom is -0.480 e. The molecule has 91 heavy (non-hydrogen) atoms. The number of carboxylic acid groups (broad SMARTS) is 5. The molecule has 3 unspecified atom stereocenters. The summed E-state index contributed by atoms with van der Waals surface area (Å²) < 4.78 is 0. The summed E-state index contributed by atoms with van der Waals surface area (Å²) in [6.07, 6.45) is 6.94. The SMILES string of the molecule is CCC[C@H](NC(=O)NCCCCCNC(=O)CCCCCCC(=O)NCCCCC(NC(=O)C(CC(=O)C(Cc1ccccc1)NC(=O)CCNC(=O)CN1CCN(CC(=O)O)CCN(CC(=O)O)CCN(CC(=O)O)CC1)Cc1ccccc1)C(=O)O)C(=O)O. The second-order valence-corrected chi connectivity index (χ2v) is 22.9. The molecule has 1 aliphatic heterocycles. The van der Waals surface area contributed by atoms with Gasteiger partial charge < -0.3 is 62.8 Å². The summed E-state index contributed by atoms with van der Waals surface area (Å²) in [4.78, 5) is 158. The summed E-state index contributed by atoms with van der Waals surface area (Å²) >= 11 is 0. The van der Waals surface area contributed by atoms with Crippen molar-refractivity contribution in [1.82, 2.24) is 56.8 Å². The second kappa shape index (κ2) is 45.2. The Kier molecular flexibility index (Phi) is 38.3. The van der Waals surface area contributed by atoms with Crippen molar-refractivity contribution in [1.29, 1.82) is 0 Å². The van der Waals surface area contributed by atoms with Gasteiger partial charge in [-0.1, -0.05) is 86.8 Å². The number of carboxylic acids is 5. The number of amides is 7. The molecule has 0 bridgehead atoms. The van der Waals surface area contributed by atoms with E-state index in [0.29, 0.717) is 75.6 Å². The van der Waals surface area contributed by atoms with Crippen molar-refractivity contribution in [2.24, 2.45) is 5.92 Å². The fourth-order valence-corrected chi connectivity index (χ4v) is 10.2. The number of aliphatic carboxylic acids is 5. The first-order valence-corrected chi connectivity index (χ1v) is 31.7. The lowest BCUT2D eigenvalue weighted by molar-refractivity contribution is -0.143. The fourth-order valence-electron chi connectivity index (χ4n) is 10.2. The van der Waals surface area contributed by atoms with Gasteiger partial charge in [0.25, 0.3) is 0 Å². The largest absolute Gasteiger partial charge is 0.480 e. The minimum atomic E-state index is -1.31. The van der Waals surface area contributed by atoms with Gasteiger partial charge >= 0.3 is 35.9 Å². The maximum Gasteiger partial charge on any atom is 0.326 e. The van der Waals surface area contributed by atoms with E-state index in [4.69, 9.17) is 0 Å². The first-order valence-electron chi connectivity index (χ1n) is 31.7. The molecule has 1 heterocycles. The molecule has 1 fully saturated rings. The Morgan fingerprint density at radius 2 is 0.824 bits per heavy atom. The molecular weight excluding hydrogens is 1180 g/mol. The average Bonchev–Trinajstić information content (AvgIpc) is 2.62. The highest BCUT2D eigenvalue weighted by molar-refractivity contribution is 5.94.